The monoisotopic (exact) mass is 171 g/mol. The van der Waals surface area contributed by atoms with Gasteiger partial charge in [-0.1, -0.05) is 0 Å². The van der Waals surface area contributed by atoms with Crippen LogP contribution in [0.2, 0.25) is 0 Å². The second kappa shape index (κ2) is 4.62. The number of hydrogen-bond acceptors (Lipinski definition) is 4. The molecule has 0 aliphatic heterocycles. The molecule has 1 atom stereocenters. The SMILES string of the molecule is CC(C)(S)[C@@H](N)C(=O)[O-].[Na+]. The first-order valence-electron chi connectivity index (χ1n) is 2.54. The number of carbonyl (C=O) groups is 1. The predicted molar refractivity (Wildman–Crippen MR) is 36.0 cm³/mol. The van der Waals surface area contributed by atoms with Gasteiger partial charge in [0.25, 0.3) is 0 Å². The van der Waals surface area contributed by atoms with Gasteiger partial charge in [-0.15, -0.1) is 0 Å². The van der Waals surface area contributed by atoms with Gasteiger partial charge in [0, 0.05) is 4.75 Å². The Morgan fingerprint density at radius 2 is 2.00 bits per heavy atom. The van der Waals surface area contributed by atoms with Crippen molar-refractivity contribution in [2.24, 2.45) is 5.73 Å². The average molecular weight is 171 g/mol. The Labute approximate surface area is 88.1 Å². The molecular formula is C5H10NNaO2S. The van der Waals surface area contributed by atoms with E-state index in [1.807, 2.05) is 0 Å². The molecule has 10 heavy (non-hydrogen) atoms. The van der Waals surface area contributed by atoms with Crippen molar-refractivity contribution in [3.8, 4) is 0 Å². The minimum atomic E-state index is -1.27. The molecule has 0 aliphatic carbocycles. The first kappa shape index (κ1) is 13.4. The number of carboxylic acid groups (broad SMARTS) is 1. The van der Waals surface area contributed by atoms with Gasteiger partial charge in [-0.25, -0.2) is 0 Å². The van der Waals surface area contributed by atoms with E-state index in [2.05, 4.69) is 12.6 Å². The van der Waals surface area contributed by atoms with Crippen molar-refractivity contribution in [2.75, 3.05) is 0 Å². The van der Waals surface area contributed by atoms with Crippen LogP contribution in [0, 0.1) is 0 Å². The maximum absolute atomic E-state index is 10.1. The normalized spacial score (nSPS) is 13.6. The molecule has 0 bridgehead atoms. The molecule has 0 fully saturated rings. The summed E-state index contributed by atoms with van der Waals surface area (Å²) in [4.78, 5) is 10.1. The Balaban J connectivity index is 0. The fraction of sp³-hybridized carbons (Fsp3) is 0.800. The zero-order valence-corrected chi connectivity index (χ0v) is 9.31. The van der Waals surface area contributed by atoms with Gasteiger partial charge in [0.2, 0.25) is 0 Å². The van der Waals surface area contributed by atoms with E-state index in [1.165, 1.54) is 0 Å². The molecule has 0 amide bonds. The molecule has 0 aromatic heterocycles. The first-order valence-corrected chi connectivity index (χ1v) is 2.99. The van der Waals surface area contributed by atoms with E-state index in [0.29, 0.717) is 0 Å². The number of aliphatic carboxylic acids is 1. The van der Waals surface area contributed by atoms with E-state index in [4.69, 9.17) is 5.73 Å². The quantitative estimate of drug-likeness (QED) is 0.327. The van der Waals surface area contributed by atoms with Crippen molar-refractivity contribution in [2.45, 2.75) is 24.6 Å². The van der Waals surface area contributed by atoms with Gasteiger partial charge >= 0.3 is 29.6 Å². The maximum atomic E-state index is 10.1. The molecular weight excluding hydrogens is 161 g/mol. The summed E-state index contributed by atoms with van der Waals surface area (Å²) in [5.41, 5.74) is 5.16. The second-order valence-corrected chi connectivity index (χ2v) is 3.60. The van der Waals surface area contributed by atoms with E-state index in [1.54, 1.807) is 13.8 Å². The molecule has 0 rings (SSSR count). The molecule has 3 nitrogen and oxygen atoms in total. The molecule has 0 saturated carbocycles. The summed E-state index contributed by atoms with van der Waals surface area (Å²) in [6.45, 7) is 3.24. The fourth-order valence-corrected chi connectivity index (χ4v) is 0.394. The topological polar surface area (TPSA) is 66.2 Å². The van der Waals surface area contributed by atoms with E-state index in [-0.39, 0.29) is 29.6 Å². The first-order chi connectivity index (χ1) is 3.85. The maximum Gasteiger partial charge on any atom is 1.00 e. The zero-order valence-electron chi connectivity index (χ0n) is 6.42. The van der Waals surface area contributed by atoms with Crippen molar-refractivity contribution in [1.82, 2.24) is 0 Å². The largest absolute Gasteiger partial charge is 1.00 e. The van der Waals surface area contributed by atoms with Crippen molar-refractivity contribution in [3.05, 3.63) is 0 Å². The molecule has 0 radical (unpaired) electrons. The number of carbonyl (C=O) groups excluding carboxylic acids is 1. The van der Waals surface area contributed by atoms with Crippen molar-refractivity contribution in [3.63, 3.8) is 0 Å². The van der Waals surface area contributed by atoms with Crippen molar-refractivity contribution < 1.29 is 39.5 Å². The van der Waals surface area contributed by atoms with Crippen LogP contribution in [0.4, 0.5) is 0 Å². The number of hydrogen-bond donors (Lipinski definition) is 2. The van der Waals surface area contributed by atoms with Crippen LogP contribution in [0.3, 0.4) is 0 Å². The molecule has 5 heteroatoms. The van der Waals surface area contributed by atoms with E-state index >= 15 is 0 Å². The Kier molecular flexibility index (Phi) is 6.17. The van der Waals surface area contributed by atoms with Gasteiger partial charge in [-0.2, -0.15) is 12.6 Å². The van der Waals surface area contributed by atoms with Crippen LogP contribution in [-0.2, 0) is 4.79 Å². The van der Waals surface area contributed by atoms with Crippen LogP contribution in [0.15, 0.2) is 0 Å². The summed E-state index contributed by atoms with van der Waals surface area (Å²) in [6, 6.07) is -1.01. The Morgan fingerprint density at radius 1 is 1.70 bits per heavy atom. The number of nitrogens with two attached hydrogens (primary N) is 1. The number of rotatable bonds is 2. The van der Waals surface area contributed by atoms with Gasteiger partial charge in [0.05, 0.1) is 12.0 Å². The van der Waals surface area contributed by atoms with Crippen LogP contribution in [0.1, 0.15) is 13.8 Å². The summed E-state index contributed by atoms with van der Waals surface area (Å²) in [5, 5.41) is 10.1. The molecule has 0 saturated heterocycles. The third-order valence-corrected chi connectivity index (χ3v) is 1.29. The molecule has 0 aromatic rings. The Hall–Kier alpha value is 0.780. The molecule has 0 aromatic carbocycles. The summed E-state index contributed by atoms with van der Waals surface area (Å²) in [6.07, 6.45) is 0. The standard InChI is InChI=1S/C5H11NO2S.Na/c1-5(2,9)3(6)4(7)8;/h3,9H,6H2,1-2H3,(H,7,8);/q;+1/p-1/t3-;/m0./s1. The summed E-state index contributed by atoms with van der Waals surface area (Å²) >= 11 is 3.94. The molecule has 0 spiro atoms. The van der Waals surface area contributed by atoms with Gasteiger partial charge in [0.1, 0.15) is 0 Å². The van der Waals surface area contributed by atoms with Crippen LogP contribution in [0.25, 0.3) is 0 Å². The van der Waals surface area contributed by atoms with Gasteiger partial charge in [-0.05, 0) is 13.8 Å². The van der Waals surface area contributed by atoms with Crippen LogP contribution < -0.4 is 40.4 Å². The van der Waals surface area contributed by atoms with Crippen LogP contribution in [-0.4, -0.2) is 16.8 Å². The van der Waals surface area contributed by atoms with E-state index in [9.17, 15) is 9.90 Å². The molecule has 2 N–H and O–H groups in total. The molecule has 0 heterocycles. The average Bonchev–Trinajstić information content (AvgIpc) is 1.62. The third kappa shape index (κ3) is 4.57. The van der Waals surface area contributed by atoms with Crippen LogP contribution in [0.5, 0.6) is 0 Å². The number of thiol groups is 1. The smallest absolute Gasteiger partial charge is 0.548 e. The second-order valence-electron chi connectivity index (χ2n) is 2.45. The summed E-state index contributed by atoms with van der Waals surface area (Å²) in [5.74, 6) is -1.27. The van der Waals surface area contributed by atoms with E-state index in [0.717, 1.165) is 0 Å². The Bertz CT molecular complexity index is 123. The predicted octanol–water partition coefficient (Wildman–Crippen LogP) is -4.22. The minimum absolute atomic E-state index is 0. The summed E-state index contributed by atoms with van der Waals surface area (Å²) < 4.78 is -0.709. The summed E-state index contributed by atoms with van der Waals surface area (Å²) in [7, 11) is 0. The fourth-order valence-electron chi connectivity index (χ4n) is 0.288. The minimum Gasteiger partial charge on any atom is -0.548 e. The van der Waals surface area contributed by atoms with Gasteiger partial charge < -0.3 is 15.6 Å². The zero-order chi connectivity index (χ0) is 7.65. The Morgan fingerprint density at radius 3 is 2.00 bits per heavy atom. The van der Waals surface area contributed by atoms with Crippen LogP contribution >= 0.6 is 12.6 Å². The van der Waals surface area contributed by atoms with E-state index < -0.39 is 16.8 Å². The van der Waals surface area contributed by atoms with Crippen molar-refractivity contribution >= 4 is 18.6 Å². The van der Waals surface area contributed by atoms with Gasteiger partial charge in [0.15, 0.2) is 0 Å². The molecule has 0 aliphatic rings. The van der Waals surface area contributed by atoms with Crippen molar-refractivity contribution in [1.29, 1.82) is 0 Å². The molecule has 0 unspecified atom stereocenters. The molecule has 54 valence electrons. The third-order valence-electron chi connectivity index (χ3n) is 1.02. The number of carboxylic acids is 1. The van der Waals surface area contributed by atoms with Gasteiger partial charge in [-0.3, -0.25) is 0 Å².